The van der Waals surface area contributed by atoms with Crippen molar-refractivity contribution in [1.82, 2.24) is 10.7 Å². The van der Waals surface area contributed by atoms with E-state index in [-0.39, 0.29) is 18.4 Å². The fraction of sp³-hybridized carbons (Fsp3) is 0.333. The third kappa shape index (κ3) is 7.54. The Bertz CT molecular complexity index is 951. The molecule has 0 heterocycles. The lowest BCUT2D eigenvalue weighted by Crippen LogP contribution is -2.44. The average molecular weight is 436 g/mol. The van der Waals surface area contributed by atoms with E-state index in [1.54, 1.807) is 19.1 Å². The largest absolute Gasteiger partial charge is 0.356 e. The van der Waals surface area contributed by atoms with Crippen LogP contribution in [0.2, 0.25) is 0 Å². The van der Waals surface area contributed by atoms with Crippen LogP contribution in [0.1, 0.15) is 45.4 Å². The highest BCUT2D eigenvalue weighted by Crippen LogP contribution is 2.19. The Morgan fingerprint density at radius 1 is 0.844 bits per heavy atom. The first-order chi connectivity index (χ1) is 15.5. The molecule has 1 aliphatic carbocycles. The average Bonchev–Trinajstić information content (AvgIpc) is 2.80. The molecule has 0 saturated heterocycles. The van der Waals surface area contributed by atoms with Gasteiger partial charge in [-0.05, 0) is 56.2 Å². The summed E-state index contributed by atoms with van der Waals surface area (Å²) in [5.41, 5.74) is 5.14. The second kappa shape index (κ2) is 11.6. The number of anilines is 3. The van der Waals surface area contributed by atoms with E-state index in [2.05, 4.69) is 26.5 Å². The van der Waals surface area contributed by atoms with Gasteiger partial charge < -0.3 is 16.0 Å². The zero-order valence-electron chi connectivity index (χ0n) is 18.2. The van der Waals surface area contributed by atoms with E-state index in [0.717, 1.165) is 37.1 Å². The molecule has 0 atom stereocenters. The Labute approximate surface area is 187 Å². The molecule has 32 heavy (non-hydrogen) atoms. The molecule has 0 aromatic heterocycles. The molecule has 1 fully saturated rings. The molecular weight excluding hydrogens is 406 g/mol. The lowest BCUT2D eigenvalue weighted by atomic mass is 9.95. The number of hydrogen-bond donors (Lipinski definition) is 4. The number of nitrogens with zero attached hydrogens (tertiary/aromatic N) is 1. The molecule has 0 unspecified atom stereocenters. The number of hydrogen-bond acceptors (Lipinski definition) is 5. The predicted molar refractivity (Wildman–Crippen MR) is 126 cm³/mol. The van der Waals surface area contributed by atoms with Gasteiger partial charge in [0.1, 0.15) is 0 Å². The zero-order chi connectivity index (χ0) is 22.8. The highest BCUT2D eigenvalue weighted by Gasteiger charge is 2.20. The molecule has 168 valence electrons. The van der Waals surface area contributed by atoms with Crippen molar-refractivity contribution in [1.29, 1.82) is 0 Å². The lowest BCUT2D eigenvalue weighted by molar-refractivity contribution is -0.139. The van der Waals surface area contributed by atoms with Gasteiger partial charge in [-0.15, -0.1) is 0 Å². The second-order valence-electron chi connectivity index (χ2n) is 7.89. The van der Waals surface area contributed by atoms with E-state index in [4.69, 9.17) is 0 Å². The van der Waals surface area contributed by atoms with Gasteiger partial charge >= 0.3 is 11.8 Å². The van der Waals surface area contributed by atoms with Crippen LogP contribution >= 0.6 is 0 Å². The molecule has 0 aliphatic heterocycles. The Hall–Kier alpha value is -3.68. The third-order valence-electron chi connectivity index (χ3n) is 5.14. The summed E-state index contributed by atoms with van der Waals surface area (Å²) in [6.07, 6.45) is 5.07. The molecule has 0 bridgehead atoms. The van der Waals surface area contributed by atoms with Crippen molar-refractivity contribution < 1.29 is 14.4 Å². The van der Waals surface area contributed by atoms with Crippen LogP contribution in [0, 0.1) is 0 Å². The number of hydrazone groups is 1. The molecule has 3 rings (SSSR count). The summed E-state index contributed by atoms with van der Waals surface area (Å²) in [5, 5.41) is 12.7. The fourth-order valence-electron chi connectivity index (χ4n) is 3.50. The van der Waals surface area contributed by atoms with Crippen LogP contribution in [0.3, 0.4) is 0 Å². The van der Waals surface area contributed by atoms with E-state index in [1.807, 2.05) is 42.5 Å². The monoisotopic (exact) mass is 435 g/mol. The van der Waals surface area contributed by atoms with Crippen molar-refractivity contribution in [3.8, 4) is 0 Å². The normalized spacial score (nSPS) is 14.3. The molecule has 4 N–H and O–H groups in total. The maximum atomic E-state index is 12.2. The Balaban J connectivity index is 1.42. The summed E-state index contributed by atoms with van der Waals surface area (Å²) in [6.45, 7) is 1.62. The van der Waals surface area contributed by atoms with Crippen molar-refractivity contribution in [2.45, 2.75) is 51.5 Å². The van der Waals surface area contributed by atoms with Gasteiger partial charge in [-0.1, -0.05) is 37.5 Å². The van der Waals surface area contributed by atoms with Gasteiger partial charge in [0.15, 0.2) is 0 Å². The number of benzene rings is 2. The van der Waals surface area contributed by atoms with Crippen LogP contribution in [0.15, 0.2) is 59.7 Å². The van der Waals surface area contributed by atoms with Gasteiger partial charge in [-0.3, -0.25) is 14.4 Å². The molecule has 8 heteroatoms. The topological polar surface area (TPSA) is 112 Å². The third-order valence-corrected chi connectivity index (χ3v) is 5.14. The smallest absolute Gasteiger partial charge is 0.329 e. The fourth-order valence-corrected chi connectivity index (χ4v) is 3.50. The number of rotatable bonds is 7. The van der Waals surface area contributed by atoms with Crippen LogP contribution in [0.25, 0.3) is 0 Å². The minimum atomic E-state index is -0.822. The quantitative estimate of drug-likeness (QED) is 0.302. The standard InChI is InChI=1S/C24H29N5O3/c1-17(28-29-24(32)23(31)27-19-10-6-3-7-11-19)16-22(30)26-21-14-12-20(13-15-21)25-18-8-4-2-5-9-18/h2,4-5,8-9,12-15,19,25H,3,6-7,10-11,16H2,1H3,(H,26,30)(H,27,31)(H,29,32). The Kier molecular flexibility index (Phi) is 8.36. The SMILES string of the molecule is CC(CC(=O)Nc1ccc(Nc2ccccc2)cc1)=NNC(=O)C(=O)NC1CCCCC1. The lowest BCUT2D eigenvalue weighted by Gasteiger charge is -2.22. The Morgan fingerprint density at radius 2 is 1.47 bits per heavy atom. The first-order valence-electron chi connectivity index (χ1n) is 10.9. The van der Waals surface area contributed by atoms with E-state index >= 15 is 0 Å². The summed E-state index contributed by atoms with van der Waals surface area (Å²) in [6, 6.07) is 17.2. The first-order valence-corrected chi connectivity index (χ1v) is 10.9. The van der Waals surface area contributed by atoms with Crippen molar-refractivity contribution in [3.05, 3.63) is 54.6 Å². The molecule has 2 aromatic carbocycles. The predicted octanol–water partition coefficient (Wildman–Crippen LogP) is 3.70. The summed E-state index contributed by atoms with van der Waals surface area (Å²) in [7, 11) is 0. The molecule has 0 spiro atoms. The van der Waals surface area contributed by atoms with Crippen LogP contribution in [-0.2, 0) is 14.4 Å². The van der Waals surface area contributed by atoms with Gasteiger partial charge in [-0.2, -0.15) is 5.10 Å². The molecule has 0 radical (unpaired) electrons. The van der Waals surface area contributed by atoms with Gasteiger partial charge in [0.25, 0.3) is 0 Å². The molecule has 1 aliphatic rings. The van der Waals surface area contributed by atoms with E-state index in [0.29, 0.717) is 11.4 Å². The number of amides is 3. The highest BCUT2D eigenvalue weighted by atomic mass is 16.2. The van der Waals surface area contributed by atoms with Crippen molar-refractivity contribution in [2.75, 3.05) is 10.6 Å². The van der Waals surface area contributed by atoms with Crippen LogP contribution < -0.4 is 21.4 Å². The van der Waals surface area contributed by atoms with Gasteiger partial charge in [0, 0.05) is 28.8 Å². The summed E-state index contributed by atoms with van der Waals surface area (Å²) in [5.74, 6) is -1.78. The number of carbonyl (C=O) groups is 3. The van der Waals surface area contributed by atoms with E-state index in [1.165, 1.54) is 6.42 Å². The van der Waals surface area contributed by atoms with Crippen molar-refractivity contribution in [2.24, 2.45) is 5.10 Å². The second-order valence-corrected chi connectivity index (χ2v) is 7.89. The van der Waals surface area contributed by atoms with Gasteiger partial charge in [0.2, 0.25) is 5.91 Å². The summed E-state index contributed by atoms with van der Waals surface area (Å²) < 4.78 is 0. The Morgan fingerprint density at radius 3 is 2.16 bits per heavy atom. The van der Waals surface area contributed by atoms with Crippen LogP contribution in [-0.4, -0.2) is 29.5 Å². The molecular formula is C24H29N5O3. The number of para-hydroxylation sites is 1. The summed E-state index contributed by atoms with van der Waals surface area (Å²) >= 11 is 0. The molecule has 1 saturated carbocycles. The number of carbonyl (C=O) groups excluding carboxylic acids is 3. The molecule has 3 amide bonds. The van der Waals surface area contributed by atoms with E-state index in [9.17, 15) is 14.4 Å². The van der Waals surface area contributed by atoms with Crippen molar-refractivity contribution >= 4 is 40.5 Å². The molecule has 8 nitrogen and oxygen atoms in total. The zero-order valence-corrected chi connectivity index (χ0v) is 18.2. The first kappa shape index (κ1) is 23.0. The minimum Gasteiger partial charge on any atom is -0.356 e. The maximum absolute atomic E-state index is 12.2. The van der Waals surface area contributed by atoms with Crippen LogP contribution in [0.4, 0.5) is 17.1 Å². The van der Waals surface area contributed by atoms with E-state index < -0.39 is 11.8 Å². The summed E-state index contributed by atoms with van der Waals surface area (Å²) in [4.78, 5) is 36.1. The maximum Gasteiger partial charge on any atom is 0.329 e. The van der Waals surface area contributed by atoms with Gasteiger partial charge in [0.05, 0.1) is 6.42 Å². The highest BCUT2D eigenvalue weighted by molar-refractivity contribution is 6.35. The van der Waals surface area contributed by atoms with Crippen LogP contribution in [0.5, 0.6) is 0 Å². The molecule has 2 aromatic rings. The number of nitrogens with one attached hydrogen (secondary N) is 4. The van der Waals surface area contributed by atoms with Crippen molar-refractivity contribution in [3.63, 3.8) is 0 Å². The minimum absolute atomic E-state index is 0.00542. The van der Waals surface area contributed by atoms with Gasteiger partial charge in [-0.25, -0.2) is 5.43 Å².